The molecule has 0 atom stereocenters. The van der Waals surface area contributed by atoms with Gasteiger partial charge in [-0.25, -0.2) is 4.98 Å². The van der Waals surface area contributed by atoms with E-state index in [1.54, 1.807) is 6.07 Å². The third-order valence-electron chi connectivity index (χ3n) is 2.47. The van der Waals surface area contributed by atoms with Crippen molar-refractivity contribution in [2.24, 2.45) is 0 Å². The van der Waals surface area contributed by atoms with E-state index in [1.165, 1.54) is 0 Å². The Morgan fingerprint density at radius 1 is 1.44 bits per heavy atom. The lowest BCUT2D eigenvalue weighted by molar-refractivity contribution is 0.890. The summed E-state index contributed by atoms with van der Waals surface area (Å²) >= 11 is 0. The van der Waals surface area contributed by atoms with Crippen molar-refractivity contribution < 1.29 is 0 Å². The van der Waals surface area contributed by atoms with E-state index in [-0.39, 0.29) is 0 Å². The van der Waals surface area contributed by atoms with Gasteiger partial charge in [0.2, 0.25) is 0 Å². The van der Waals surface area contributed by atoms with Crippen LogP contribution in [0.15, 0.2) is 30.5 Å². The van der Waals surface area contributed by atoms with Crippen LogP contribution in [-0.2, 0) is 6.42 Å². The normalized spacial score (nSPS) is 10.1. The second-order valence-electron chi connectivity index (χ2n) is 3.68. The molecule has 3 heteroatoms. The molecule has 1 aromatic carbocycles. The van der Waals surface area contributed by atoms with Crippen LogP contribution in [0.25, 0.3) is 5.69 Å². The van der Waals surface area contributed by atoms with E-state index in [0.29, 0.717) is 5.56 Å². The molecule has 0 spiro atoms. The summed E-state index contributed by atoms with van der Waals surface area (Å²) in [6, 6.07) is 9.71. The maximum atomic E-state index is 8.87. The quantitative estimate of drug-likeness (QED) is 0.766. The Kier molecular flexibility index (Phi) is 2.74. The molecule has 0 aliphatic carbocycles. The number of hydrogen-bond donors (Lipinski definition) is 0. The molecular weight excluding hydrogens is 198 g/mol. The van der Waals surface area contributed by atoms with Gasteiger partial charge < -0.3 is 4.57 Å². The van der Waals surface area contributed by atoms with Gasteiger partial charge in [-0.1, -0.05) is 13.0 Å². The largest absolute Gasteiger partial charge is 0.303 e. The van der Waals surface area contributed by atoms with Crippen molar-refractivity contribution in [3.05, 3.63) is 47.5 Å². The first kappa shape index (κ1) is 10.4. The first-order valence-corrected chi connectivity index (χ1v) is 5.30. The molecule has 2 rings (SSSR count). The van der Waals surface area contributed by atoms with Gasteiger partial charge in [0, 0.05) is 18.3 Å². The zero-order valence-corrected chi connectivity index (χ0v) is 9.44. The number of rotatable bonds is 2. The van der Waals surface area contributed by atoms with Crippen molar-refractivity contribution in [3.63, 3.8) is 0 Å². The van der Waals surface area contributed by atoms with Crippen molar-refractivity contribution >= 4 is 0 Å². The average molecular weight is 211 g/mol. The summed E-state index contributed by atoms with van der Waals surface area (Å²) in [6.45, 7) is 4.05. The van der Waals surface area contributed by atoms with Crippen LogP contribution in [-0.4, -0.2) is 9.55 Å². The molecule has 0 aliphatic heterocycles. The third-order valence-corrected chi connectivity index (χ3v) is 2.47. The SMILES string of the molecule is CCc1nc(C)cn1-c1cccc(C#N)c1. The lowest BCUT2D eigenvalue weighted by Gasteiger charge is -2.05. The second-order valence-corrected chi connectivity index (χ2v) is 3.68. The molecule has 0 bridgehead atoms. The van der Waals surface area contributed by atoms with Gasteiger partial charge in [0.15, 0.2) is 0 Å². The highest BCUT2D eigenvalue weighted by molar-refractivity contribution is 5.42. The lowest BCUT2D eigenvalue weighted by atomic mass is 10.2. The van der Waals surface area contributed by atoms with Gasteiger partial charge >= 0.3 is 0 Å². The maximum absolute atomic E-state index is 8.87. The standard InChI is InChI=1S/C13H13N3/c1-3-13-15-10(2)9-16(13)12-6-4-5-11(7-12)8-14/h4-7,9H,3H2,1-2H3. The Hall–Kier alpha value is -2.08. The van der Waals surface area contributed by atoms with Gasteiger partial charge in [0.05, 0.1) is 17.3 Å². The highest BCUT2D eigenvalue weighted by Gasteiger charge is 2.05. The fraction of sp³-hybridized carbons (Fsp3) is 0.231. The fourth-order valence-corrected chi connectivity index (χ4v) is 1.75. The molecule has 1 aromatic heterocycles. The monoisotopic (exact) mass is 211 g/mol. The Morgan fingerprint density at radius 2 is 2.25 bits per heavy atom. The number of aromatic nitrogens is 2. The van der Waals surface area contributed by atoms with Crippen molar-refractivity contribution in [1.82, 2.24) is 9.55 Å². The average Bonchev–Trinajstić information content (AvgIpc) is 2.70. The Morgan fingerprint density at radius 3 is 2.94 bits per heavy atom. The molecule has 0 saturated carbocycles. The Balaban J connectivity index is 2.54. The molecule has 0 fully saturated rings. The smallest absolute Gasteiger partial charge is 0.113 e. The van der Waals surface area contributed by atoms with E-state index >= 15 is 0 Å². The fourth-order valence-electron chi connectivity index (χ4n) is 1.75. The molecular formula is C13H13N3. The molecule has 3 nitrogen and oxygen atoms in total. The van der Waals surface area contributed by atoms with Crippen molar-refractivity contribution in [3.8, 4) is 11.8 Å². The zero-order valence-electron chi connectivity index (χ0n) is 9.44. The minimum absolute atomic E-state index is 0.672. The molecule has 80 valence electrons. The summed E-state index contributed by atoms with van der Waals surface area (Å²) in [5.41, 5.74) is 2.67. The minimum atomic E-state index is 0.672. The van der Waals surface area contributed by atoms with Crippen LogP contribution in [0, 0.1) is 18.3 Å². The second kappa shape index (κ2) is 4.19. The molecule has 16 heavy (non-hydrogen) atoms. The Labute approximate surface area is 95.0 Å². The number of nitrogens with zero attached hydrogens (tertiary/aromatic N) is 3. The van der Waals surface area contributed by atoms with Crippen LogP contribution >= 0.6 is 0 Å². The zero-order chi connectivity index (χ0) is 11.5. The van der Waals surface area contributed by atoms with Gasteiger partial charge in [0.25, 0.3) is 0 Å². The number of aryl methyl sites for hydroxylation is 2. The number of nitriles is 1. The van der Waals surface area contributed by atoms with Crippen LogP contribution in [0.2, 0.25) is 0 Å². The molecule has 0 aliphatic rings. The van der Waals surface area contributed by atoms with Crippen molar-refractivity contribution in [1.29, 1.82) is 5.26 Å². The van der Waals surface area contributed by atoms with E-state index < -0.39 is 0 Å². The summed E-state index contributed by atoms with van der Waals surface area (Å²) in [5.74, 6) is 1.02. The van der Waals surface area contributed by atoms with Gasteiger partial charge in [-0.2, -0.15) is 5.26 Å². The molecule has 1 heterocycles. The van der Waals surface area contributed by atoms with E-state index in [1.807, 2.05) is 35.9 Å². The van der Waals surface area contributed by atoms with Crippen LogP contribution in [0.1, 0.15) is 24.0 Å². The van der Waals surface area contributed by atoms with E-state index in [0.717, 1.165) is 23.6 Å². The molecule has 0 radical (unpaired) electrons. The first-order valence-electron chi connectivity index (χ1n) is 5.30. The highest BCUT2D eigenvalue weighted by Crippen LogP contribution is 2.14. The van der Waals surface area contributed by atoms with E-state index in [9.17, 15) is 0 Å². The first-order chi connectivity index (χ1) is 7.74. The summed E-state index contributed by atoms with van der Waals surface area (Å²) in [5, 5.41) is 8.87. The summed E-state index contributed by atoms with van der Waals surface area (Å²) in [7, 11) is 0. The molecule has 2 aromatic rings. The van der Waals surface area contributed by atoms with Crippen LogP contribution in [0.4, 0.5) is 0 Å². The Bertz CT molecular complexity index is 547. The minimum Gasteiger partial charge on any atom is -0.303 e. The van der Waals surface area contributed by atoms with Crippen molar-refractivity contribution in [2.75, 3.05) is 0 Å². The number of hydrogen-bond acceptors (Lipinski definition) is 2. The third kappa shape index (κ3) is 1.82. The maximum Gasteiger partial charge on any atom is 0.113 e. The van der Waals surface area contributed by atoms with Gasteiger partial charge in [0.1, 0.15) is 5.82 Å². The van der Waals surface area contributed by atoms with Gasteiger partial charge in [-0.05, 0) is 25.1 Å². The van der Waals surface area contributed by atoms with Crippen LogP contribution in [0.5, 0.6) is 0 Å². The lowest BCUT2D eigenvalue weighted by Crippen LogP contribution is -1.98. The molecule has 0 N–H and O–H groups in total. The molecule has 0 amide bonds. The van der Waals surface area contributed by atoms with Gasteiger partial charge in [-0.15, -0.1) is 0 Å². The van der Waals surface area contributed by atoms with Crippen LogP contribution < -0.4 is 0 Å². The molecule has 0 saturated heterocycles. The number of imidazole rings is 1. The number of benzene rings is 1. The topological polar surface area (TPSA) is 41.6 Å². The summed E-state index contributed by atoms with van der Waals surface area (Å²) < 4.78 is 2.04. The van der Waals surface area contributed by atoms with Gasteiger partial charge in [-0.3, -0.25) is 0 Å². The van der Waals surface area contributed by atoms with E-state index in [2.05, 4.69) is 18.0 Å². The molecule has 0 unspecified atom stereocenters. The van der Waals surface area contributed by atoms with Crippen LogP contribution in [0.3, 0.4) is 0 Å². The summed E-state index contributed by atoms with van der Waals surface area (Å²) in [4.78, 5) is 4.44. The summed E-state index contributed by atoms with van der Waals surface area (Å²) in [6.07, 6.45) is 2.87. The predicted octanol–water partition coefficient (Wildman–Crippen LogP) is 2.61. The predicted molar refractivity (Wildman–Crippen MR) is 62.4 cm³/mol. The van der Waals surface area contributed by atoms with E-state index in [4.69, 9.17) is 5.26 Å². The highest BCUT2D eigenvalue weighted by atomic mass is 15.1. The van der Waals surface area contributed by atoms with Crippen molar-refractivity contribution in [2.45, 2.75) is 20.3 Å².